The Balaban J connectivity index is -0.00000000286. The Morgan fingerprint density at radius 3 is 0.615 bits per heavy atom. The molecule has 96 valence electrons. The van der Waals surface area contributed by atoms with Crippen molar-refractivity contribution in [2.24, 2.45) is 0 Å². The van der Waals surface area contributed by atoms with Crippen LogP contribution in [0, 0.1) is 0 Å². The molecule has 13 heavy (non-hydrogen) atoms. The molecule has 22 N–H and O–H groups in total. The first-order valence-corrected chi connectivity index (χ1v) is 2.19. The molecule has 0 aliphatic carbocycles. The van der Waals surface area contributed by atoms with Crippen molar-refractivity contribution in [2.75, 3.05) is 0 Å². The molecule has 0 atom stereocenters. The van der Waals surface area contributed by atoms with Crippen LogP contribution in [-0.4, -0.2) is 27.4 Å². The second-order valence-corrected chi connectivity index (χ2v) is 1.34. The maximum atomic E-state index is 8.55. The lowest BCUT2D eigenvalue weighted by Crippen LogP contribution is -2.24. The molecule has 0 spiro atoms. The van der Waals surface area contributed by atoms with E-state index in [0.29, 0.717) is 0 Å². The first kappa shape index (κ1) is 124. The summed E-state index contributed by atoms with van der Waals surface area (Å²) in [5.41, 5.74) is 0. The zero-order chi connectivity index (χ0) is 4.50. The van der Waals surface area contributed by atoms with Gasteiger partial charge in [0.25, 0.3) is 0 Å². The van der Waals surface area contributed by atoms with E-state index in [4.69, 9.17) is 19.2 Å². The molecule has 12 nitrogen and oxygen atoms in total. The highest BCUT2D eigenvalue weighted by molar-refractivity contribution is 7.40. The Morgan fingerprint density at radius 1 is 0.615 bits per heavy atom. The molecule has 0 bridgehead atoms. The van der Waals surface area contributed by atoms with Crippen LogP contribution in [0.2, 0.25) is 0 Å². The number of hydrogen-bond acceptors (Lipinski definition) is 4. The van der Waals surface area contributed by atoms with Gasteiger partial charge < -0.3 is 65.1 Å². The molecular weight excluding hydrogens is 217 g/mol. The van der Waals surface area contributed by atoms with Gasteiger partial charge in [-0.15, -0.1) is 0 Å². The van der Waals surface area contributed by atoms with Crippen LogP contribution in [0.3, 0.4) is 0 Å². The van der Waals surface area contributed by atoms with E-state index in [9.17, 15) is 0 Å². The maximum Gasteiger partial charge on any atom is -0.159 e. The molecule has 0 saturated heterocycles. The van der Waals surface area contributed by atoms with E-state index in [2.05, 4.69) is 0 Å². The van der Waals surface area contributed by atoms with E-state index in [0.717, 1.165) is 0 Å². The fourth-order valence-corrected chi connectivity index (χ4v) is 0. The van der Waals surface area contributed by atoms with Crippen LogP contribution >= 0.6 is 7.82 Å². The predicted octanol–water partition coefficient (Wildman–Crippen LogP) is -5.82. The lowest BCUT2D eigenvalue weighted by Gasteiger charge is -2.36. The minimum Gasteiger partial charge on any atom is -0.822 e. The highest BCUT2D eigenvalue weighted by Gasteiger charge is 1.44. The molecule has 0 saturated carbocycles. The van der Waals surface area contributed by atoms with Crippen molar-refractivity contribution in [3.63, 3.8) is 0 Å². The summed E-state index contributed by atoms with van der Waals surface area (Å²) in [7, 11) is -5.39. The third-order valence-electron chi connectivity index (χ3n) is 0. The summed E-state index contributed by atoms with van der Waals surface area (Å²) < 4.78 is 8.55. The van der Waals surface area contributed by atoms with E-state index in [-0.39, 0.29) is 45.8 Å². The average molecular weight is 239 g/mol. The summed E-state index contributed by atoms with van der Waals surface area (Å²) in [6, 6.07) is 0. The van der Waals surface area contributed by atoms with Crippen LogP contribution in [0.1, 0.15) is 0 Å². The van der Waals surface area contributed by atoms with Gasteiger partial charge in [-0.25, -0.2) is 0 Å². The van der Waals surface area contributed by atoms with Gasteiger partial charge in [0, 0.05) is 0 Å². The number of hydrogen-bond donors (Lipinski definition) is 3. The average Bonchev–Trinajstić information content (AvgIpc) is 0.722. The largest absolute Gasteiger partial charge is 0.822 e. The lowest BCUT2D eigenvalue weighted by molar-refractivity contribution is -0.432. The van der Waals surface area contributed by atoms with Crippen LogP contribution in [0.5, 0.6) is 0 Å². The Labute approximate surface area is 74.1 Å². The van der Waals surface area contributed by atoms with Gasteiger partial charge in [-0.05, 0) is 0 Å². The third-order valence-corrected chi connectivity index (χ3v) is 0. The minimum absolute atomic E-state index is 0. The van der Waals surface area contributed by atoms with Crippen LogP contribution in [0.4, 0.5) is 0 Å². The highest BCUT2D eigenvalue weighted by atomic mass is 31.2. The van der Waals surface area contributed by atoms with E-state index in [1.165, 1.54) is 0 Å². The van der Waals surface area contributed by atoms with Gasteiger partial charge in [-0.1, -0.05) is 0 Å². The second-order valence-electron chi connectivity index (χ2n) is 0.447. The second kappa shape index (κ2) is 40.9. The normalized spacial score (nSPS) is 4.54. The van der Waals surface area contributed by atoms with Gasteiger partial charge in [-0.3, -0.25) is 0 Å². The summed E-state index contributed by atoms with van der Waals surface area (Å²) in [5.74, 6) is 0. The Hall–Kier alpha value is -0.210. The van der Waals surface area contributed by atoms with Crippen molar-refractivity contribution in [1.82, 2.24) is 18.5 Å². The van der Waals surface area contributed by atoms with Gasteiger partial charge >= 0.3 is 0 Å². The number of phosphoric acid groups is 1. The van der Waals surface area contributed by atoms with Crippen LogP contribution in [0.15, 0.2) is 0 Å². The third kappa shape index (κ3) is 25600. The highest BCUT2D eigenvalue weighted by Crippen LogP contribution is 2.03. The fourth-order valence-electron chi connectivity index (χ4n) is 0. The molecule has 0 aromatic carbocycles. The predicted molar refractivity (Wildman–Crippen MR) is 43.6 cm³/mol. The molecule has 0 aromatic heterocycles. The minimum atomic E-state index is -5.39. The lowest BCUT2D eigenvalue weighted by atomic mass is 14.0. The first-order chi connectivity index (χ1) is 2.00. The quantitative estimate of drug-likeness (QED) is 0.347. The summed E-state index contributed by atoms with van der Waals surface area (Å²) in [4.78, 5) is 25.6. The van der Waals surface area contributed by atoms with Gasteiger partial charge in [0.1, 0.15) is 0 Å². The molecule has 0 aliphatic heterocycles. The SMILES string of the molecule is O.O.O.O.O.O=P([O-])([O-])[O-].[NH4+].[NH4+].[NH4+]. The van der Waals surface area contributed by atoms with E-state index >= 15 is 0 Å². The Morgan fingerprint density at radius 2 is 0.615 bits per heavy atom. The topological polar surface area (TPSA) is 353 Å². The fraction of sp³-hybridized carbons (Fsp3) is 0. The molecule has 0 aliphatic rings. The zero-order valence-corrected chi connectivity index (χ0v) is 8.47. The summed E-state index contributed by atoms with van der Waals surface area (Å²) in [6.45, 7) is 0. The van der Waals surface area contributed by atoms with Crippen molar-refractivity contribution in [1.29, 1.82) is 0 Å². The van der Waals surface area contributed by atoms with Gasteiger partial charge in [0.2, 0.25) is 0 Å². The van der Waals surface area contributed by atoms with E-state index in [1.807, 2.05) is 0 Å². The van der Waals surface area contributed by atoms with Gasteiger partial charge in [0.05, 0.1) is 0 Å². The van der Waals surface area contributed by atoms with Gasteiger partial charge in [0.15, 0.2) is 0 Å². The zero-order valence-electron chi connectivity index (χ0n) is 7.58. The van der Waals surface area contributed by atoms with E-state index < -0.39 is 7.82 Å². The van der Waals surface area contributed by atoms with Crippen molar-refractivity contribution < 1.29 is 46.6 Å². The Bertz CT molecular complexity index is 61.0. The van der Waals surface area contributed by atoms with Crippen LogP contribution < -0.4 is 33.1 Å². The molecule has 0 heterocycles. The Kier molecular flexibility index (Phi) is 390. The maximum absolute atomic E-state index is 8.55. The van der Waals surface area contributed by atoms with Crippen molar-refractivity contribution >= 4 is 7.82 Å². The van der Waals surface area contributed by atoms with Crippen LogP contribution in [-0.2, 0) is 4.57 Å². The van der Waals surface area contributed by atoms with E-state index in [1.54, 1.807) is 0 Å². The van der Waals surface area contributed by atoms with Crippen molar-refractivity contribution in [3.05, 3.63) is 0 Å². The molecular formula is H22N3O9P. The summed E-state index contributed by atoms with van der Waals surface area (Å²) in [6.07, 6.45) is 0. The van der Waals surface area contributed by atoms with Crippen molar-refractivity contribution in [2.45, 2.75) is 0 Å². The smallest absolute Gasteiger partial charge is 0.159 e. The van der Waals surface area contributed by atoms with Gasteiger partial charge in [-0.2, -0.15) is 7.82 Å². The molecule has 0 unspecified atom stereocenters. The van der Waals surface area contributed by atoms with Crippen molar-refractivity contribution in [3.8, 4) is 0 Å². The summed E-state index contributed by atoms with van der Waals surface area (Å²) >= 11 is 0. The number of rotatable bonds is 0. The number of quaternary nitrogens is 3. The molecule has 0 fully saturated rings. The molecule has 0 amide bonds. The molecule has 0 aromatic rings. The summed E-state index contributed by atoms with van der Waals surface area (Å²) in [5, 5.41) is 0. The molecule has 13 heteroatoms. The van der Waals surface area contributed by atoms with Crippen LogP contribution in [0.25, 0.3) is 0 Å². The standard InChI is InChI=1S/3H3N.H3O4P.5H2O/c;;;1-5(2,3)4;;;;;/h3*1H3;(H3,1,2,3,4);5*1H2. The monoisotopic (exact) mass is 239 g/mol. The molecule has 0 radical (unpaired) electrons. The first-order valence-electron chi connectivity index (χ1n) is 0.730. The molecule has 0 rings (SSSR count).